The topological polar surface area (TPSA) is 29.9 Å². The molecule has 3 nitrogen and oxygen atoms in total. The predicted molar refractivity (Wildman–Crippen MR) is 67.6 cm³/mol. The van der Waals surface area contributed by atoms with Gasteiger partial charge in [-0.05, 0) is 17.5 Å². The zero-order valence-electron chi connectivity index (χ0n) is 9.68. The van der Waals surface area contributed by atoms with Gasteiger partial charge >= 0.3 is 0 Å². The Balaban J connectivity index is 1.92. The minimum atomic E-state index is 0.502. The van der Waals surface area contributed by atoms with E-state index in [-0.39, 0.29) is 0 Å². The molecule has 0 bridgehead atoms. The Bertz CT molecular complexity index is 417. The molecular weight excluding hydrogens is 218 g/mol. The van der Waals surface area contributed by atoms with E-state index in [2.05, 4.69) is 47.8 Å². The second kappa shape index (κ2) is 5.27. The van der Waals surface area contributed by atoms with E-state index in [1.54, 1.807) is 11.3 Å². The Morgan fingerprint density at radius 1 is 1.44 bits per heavy atom. The fraction of sp³-hybridized carbons (Fsp3) is 0.417. The largest absolute Gasteiger partial charge is 0.309 e. The third-order valence-corrected chi connectivity index (χ3v) is 3.15. The minimum Gasteiger partial charge on any atom is -0.309 e. The number of nitrogens with zero attached hydrogens (tertiary/aromatic N) is 2. The van der Waals surface area contributed by atoms with Gasteiger partial charge in [-0.25, -0.2) is 0 Å². The summed E-state index contributed by atoms with van der Waals surface area (Å²) in [7, 11) is 0. The van der Waals surface area contributed by atoms with Crippen LogP contribution in [0.5, 0.6) is 0 Å². The lowest BCUT2D eigenvalue weighted by Gasteiger charge is -2.05. The summed E-state index contributed by atoms with van der Waals surface area (Å²) in [6.07, 6.45) is 2.04. The standard InChI is InChI=1S/C12H17N3S/c1-10(2)13-8-11-5-6-15(14-11)9-12-4-3-7-16-12/h3-7,10,13H,8-9H2,1-2H3. The Labute approximate surface area is 100 Å². The van der Waals surface area contributed by atoms with Crippen molar-refractivity contribution in [2.24, 2.45) is 0 Å². The highest BCUT2D eigenvalue weighted by molar-refractivity contribution is 7.09. The Morgan fingerprint density at radius 3 is 3.00 bits per heavy atom. The van der Waals surface area contributed by atoms with Crippen LogP contribution in [0.2, 0.25) is 0 Å². The monoisotopic (exact) mass is 235 g/mol. The van der Waals surface area contributed by atoms with Gasteiger partial charge in [0, 0.05) is 23.7 Å². The van der Waals surface area contributed by atoms with Crippen molar-refractivity contribution in [1.82, 2.24) is 15.1 Å². The van der Waals surface area contributed by atoms with Crippen LogP contribution in [-0.4, -0.2) is 15.8 Å². The van der Waals surface area contributed by atoms with Crippen molar-refractivity contribution in [3.05, 3.63) is 40.3 Å². The van der Waals surface area contributed by atoms with Crippen molar-refractivity contribution in [3.63, 3.8) is 0 Å². The van der Waals surface area contributed by atoms with E-state index in [9.17, 15) is 0 Å². The summed E-state index contributed by atoms with van der Waals surface area (Å²) in [5.74, 6) is 0. The summed E-state index contributed by atoms with van der Waals surface area (Å²) in [6, 6.07) is 6.79. The van der Waals surface area contributed by atoms with Crippen LogP contribution >= 0.6 is 11.3 Å². The molecule has 2 heterocycles. The molecule has 0 saturated heterocycles. The Kier molecular flexibility index (Phi) is 3.74. The molecule has 0 radical (unpaired) electrons. The van der Waals surface area contributed by atoms with Gasteiger partial charge in [0.15, 0.2) is 0 Å². The molecule has 2 aromatic heterocycles. The second-order valence-electron chi connectivity index (χ2n) is 4.12. The van der Waals surface area contributed by atoms with Gasteiger partial charge in [-0.2, -0.15) is 5.10 Å². The van der Waals surface area contributed by atoms with Crippen LogP contribution < -0.4 is 5.32 Å². The molecule has 0 atom stereocenters. The maximum absolute atomic E-state index is 4.52. The van der Waals surface area contributed by atoms with Crippen LogP contribution in [0.1, 0.15) is 24.4 Å². The van der Waals surface area contributed by atoms with Gasteiger partial charge in [-0.15, -0.1) is 11.3 Å². The van der Waals surface area contributed by atoms with Crippen molar-refractivity contribution in [2.75, 3.05) is 0 Å². The maximum Gasteiger partial charge on any atom is 0.0762 e. The fourth-order valence-electron chi connectivity index (χ4n) is 1.46. The third kappa shape index (κ3) is 3.18. The number of aromatic nitrogens is 2. The first-order valence-corrected chi connectivity index (χ1v) is 6.40. The van der Waals surface area contributed by atoms with Crippen molar-refractivity contribution < 1.29 is 0 Å². The normalized spacial score (nSPS) is 11.2. The average molecular weight is 235 g/mol. The molecule has 0 aliphatic rings. The molecule has 4 heteroatoms. The molecular formula is C12H17N3S. The summed E-state index contributed by atoms with van der Waals surface area (Å²) >= 11 is 1.77. The molecule has 0 amide bonds. The lowest BCUT2D eigenvalue weighted by molar-refractivity contribution is 0.570. The molecule has 0 unspecified atom stereocenters. The van der Waals surface area contributed by atoms with Gasteiger partial charge in [0.1, 0.15) is 0 Å². The van der Waals surface area contributed by atoms with Crippen molar-refractivity contribution >= 4 is 11.3 Å². The molecule has 0 spiro atoms. The highest BCUT2D eigenvalue weighted by Crippen LogP contribution is 2.10. The van der Waals surface area contributed by atoms with Crippen LogP contribution in [0.25, 0.3) is 0 Å². The van der Waals surface area contributed by atoms with Crippen LogP contribution in [-0.2, 0) is 13.1 Å². The van der Waals surface area contributed by atoms with Crippen LogP contribution in [0.15, 0.2) is 29.8 Å². The first kappa shape index (κ1) is 11.4. The molecule has 0 aromatic carbocycles. The number of hydrogen-bond donors (Lipinski definition) is 1. The first-order chi connectivity index (χ1) is 7.74. The summed E-state index contributed by atoms with van der Waals surface area (Å²) in [5.41, 5.74) is 1.10. The van der Waals surface area contributed by atoms with Crippen molar-refractivity contribution in [3.8, 4) is 0 Å². The summed E-state index contributed by atoms with van der Waals surface area (Å²) in [5, 5.41) is 9.98. The van der Waals surface area contributed by atoms with E-state index in [0.29, 0.717) is 6.04 Å². The summed E-state index contributed by atoms with van der Waals surface area (Å²) in [6.45, 7) is 6.00. The van der Waals surface area contributed by atoms with Crippen molar-refractivity contribution in [1.29, 1.82) is 0 Å². The molecule has 16 heavy (non-hydrogen) atoms. The first-order valence-electron chi connectivity index (χ1n) is 5.52. The van der Waals surface area contributed by atoms with Gasteiger partial charge in [0.25, 0.3) is 0 Å². The molecule has 86 valence electrons. The molecule has 2 aromatic rings. The molecule has 0 saturated carbocycles. The lowest BCUT2D eigenvalue weighted by atomic mass is 10.3. The van der Waals surface area contributed by atoms with Crippen molar-refractivity contribution in [2.45, 2.75) is 33.0 Å². The number of hydrogen-bond acceptors (Lipinski definition) is 3. The Hall–Kier alpha value is -1.13. The molecule has 0 fully saturated rings. The smallest absolute Gasteiger partial charge is 0.0762 e. The quantitative estimate of drug-likeness (QED) is 0.863. The van der Waals surface area contributed by atoms with E-state index >= 15 is 0 Å². The average Bonchev–Trinajstić information content (AvgIpc) is 2.87. The molecule has 0 aliphatic heterocycles. The number of nitrogens with one attached hydrogen (secondary N) is 1. The van der Waals surface area contributed by atoms with Gasteiger partial charge in [-0.3, -0.25) is 4.68 Å². The van der Waals surface area contributed by atoms with E-state index in [0.717, 1.165) is 18.8 Å². The zero-order valence-corrected chi connectivity index (χ0v) is 10.5. The predicted octanol–water partition coefficient (Wildman–Crippen LogP) is 2.49. The summed E-state index contributed by atoms with van der Waals surface area (Å²) in [4.78, 5) is 1.34. The zero-order chi connectivity index (χ0) is 11.4. The highest BCUT2D eigenvalue weighted by atomic mass is 32.1. The number of thiophene rings is 1. The van der Waals surface area contributed by atoms with E-state index in [4.69, 9.17) is 0 Å². The van der Waals surface area contributed by atoms with Crippen LogP contribution in [0.4, 0.5) is 0 Å². The Morgan fingerprint density at radius 2 is 2.31 bits per heavy atom. The van der Waals surface area contributed by atoms with Gasteiger partial charge in [-0.1, -0.05) is 19.9 Å². The lowest BCUT2D eigenvalue weighted by Crippen LogP contribution is -2.22. The maximum atomic E-state index is 4.52. The van der Waals surface area contributed by atoms with Gasteiger partial charge < -0.3 is 5.32 Å². The van der Waals surface area contributed by atoms with E-state index < -0.39 is 0 Å². The SMILES string of the molecule is CC(C)NCc1ccn(Cc2cccs2)n1. The molecule has 0 aliphatic carbocycles. The fourth-order valence-corrected chi connectivity index (χ4v) is 2.15. The van der Waals surface area contributed by atoms with Gasteiger partial charge in [0.05, 0.1) is 12.2 Å². The minimum absolute atomic E-state index is 0.502. The summed E-state index contributed by atoms with van der Waals surface area (Å²) < 4.78 is 1.99. The van der Waals surface area contributed by atoms with Crippen LogP contribution in [0.3, 0.4) is 0 Å². The van der Waals surface area contributed by atoms with Gasteiger partial charge in [0.2, 0.25) is 0 Å². The second-order valence-corrected chi connectivity index (χ2v) is 5.15. The highest BCUT2D eigenvalue weighted by Gasteiger charge is 2.01. The molecule has 2 rings (SSSR count). The van der Waals surface area contributed by atoms with E-state index in [1.165, 1.54) is 4.88 Å². The molecule has 1 N–H and O–H groups in total. The number of rotatable bonds is 5. The third-order valence-electron chi connectivity index (χ3n) is 2.29. The van der Waals surface area contributed by atoms with Crippen LogP contribution in [0, 0.1) is 0 Å². The van der Waals surface area contributed by atoms with E-state index in [1.807, 2.05) is 10.9 Å².